The molecule has 0 aromatic heterocycles. The molecule has 18 heavy (non-hydrogen) atoms. The first-order chi connectivity index (χ1) is 8.63. The number of benzene rings is 2. The van der Waals surface area contributed by atoms with Gasteiger partial charge in [0.15, 0.2) is 0 Å². The number of nitrogens with two attached hydrogens (primary N) is 1. The highest BCUT2D eigenvalue weighted by atomic mass is 16.3. The first kappa shape index (κ1) is 12.2. The van der Waals surface area contributed by atoms with Gasteiger partial charge in [0, 0.05) is 18.5 Å². The molecule has 0 saturated carbocycles. The summed E-state index contributed by atoms with van der Waals surface area (Å²) >= 11 is 0. The second kappa shape index (κ2) is 5.36. The Morgan fingerprint density at radius 3 is 2.33 bits per heavy atom. The maximum atomic E-state index is 11.9. The average molecular weight is 241 g/mol. The van der Waals surface area contributed by atoms with Crippen molar-refractivity contribution < 1.29 is 9.90 Å². The topological polar surface area (TPSA) is 63.3 Å². The van der Waals surface area contributed by atoms with Crippen LogP contribution in [0, 0.1) is 0 Å². The van der Waals surface area contributed by atoms with Crippen LogP contribution in [0.4, 0.5) is 5.69 Å². The molecule has 0 aliphatic heterocycles. The summed E-state index contributed by atoms with van der Waals surface area (Å²) in [5.41, 5.74) is 8.06. The number of phenolic OH excluding ortho intramolecular Hbond substituents is 1. The summed E-state index contributed by atoms with van der Waals surface area (Å²) in [5.74, 6) is 0.304. The van der Waals surface area contributed by atoms with Crippen molar-refractivity contribution in [3.63, 3.8) is 0 Å². The molecule has 2 aromatic rings. The number of carbonyl (C=O) groups is 1. The van der Waals surface area contributed by atoms with Crippen LogP contribution >= 0.6 is 0 Å². The Labute approximate surface area is 106 Å². The van der Waals surface area contributed by atoms with Gasteiger partial charge >= 0.3 is 0 Å². The highest BCUT2D eigenvalue weighted by molar-refractivity contribution is 5.83. The number of hydrogen-bond acceptors (Lipinski definition) is 3. The monoisotopic (exact) mass is 241 g/mol. The lowest BCUT2D eigenvalue weighted by Gasteiger charge is -2.03. The van der Waals surface area contributed by atoms with Crippen LogP contribution in [0.2, 0.25) is 0 Å². The Balaban J connectivity index is 1.98. The van der Waals surface area contributed by atoms with Crippen molar-refractivity contribution in [2.75, 3.05) is 5.73 Å². The second-order valence-electron chi connectivity index (χ2n) is 4.30. The fourth-order valence-corrected chi connectivity index (χ4v) is 1.82. The van der Waals surface area contributed by atoms with Gasteiger partial charge in [-0.05, 0) is 35.4 Å². The molecule has 0 fully saturated rings. The number of nitrogen functional groups attached to an aromatic ring is 1. The molecule has 0 saturated heterocycles. The van der Waals surface area contributed by atoms with Gasteiger partial charge in [0.05, 0.1) is 0 Å². The van der Waals surface area contributed by atoms with E-state index in [9.17, 15) is 9.90 Å². The molecular weight excluding hydrogens is 226 g/mol. The zero-order chi connectivity index (χ0) is 13.0. The number of phenols is 1. The van der Waals surface area contributed by atoms with Crippen molar-refractivity contribution in [1.82, 2.24) is 0 Å². The van der Waals surface area contributed by atoms with Gasteiger partial charge in [0.25, 0.3) is 0 Å². The summed E-state index contributed by atoms with van der Waals surface area (Å²) in [6.45, 7) is 0. The lowest BCUT2D eigenvalue weighted by molar-refractivity contribution is -0.117. The van der Waals surface area contributed by atoms with Crippen LogP contribution in [0.25, 0.3) is 0 Å². The van der Waals surface area contributed by atoms with E-state index in [2.05, 4.69) is 0 Å². The fourth-order valence-electron chi connectivity index (χ4n) is 1.82. The molecule has 3 N–H and O–H groups in total. The predicted octanol–water partition coefficient (Wildman–Crippen LogP) is 2.33. The normalized spacial score (nSPS) is 10.2. The smallest absolute Gasteiger partial charge is 0.141 e. The molecule has 92 valence electrons. The Morgan fingerprint density at radius 1 is 1.00 bits per heavy atom. The van der Waals surface area contributed by atoms with Crippen LogP contribution in [0.5, 0.6) is 5.75 Å². The SMILES string of the molecule is Nc1ccc(CC(=O)Cc2cccc(O)c2)cc1. The average Bonchev–Trinajstić information content (AvgIpc) is 2.32. The Kier molecular flexibility index (Phi) is 3.63. The largest absolute Gasteiger partial charge is 0.508 e. The van der Waals surface area contributed by atoms with Gasteiger partial charge in [-0.3, -0.25) is 4.79 Å². The van der Waals surface area contributed by atoms with E-state index in [4.69, 9.17) is 5.73 Å². The maximum Gasteiger partial charge on any atom is 0.141 e. The van der Waals surface area contributed by atoms with E-state index >= 15 is 0 Å². The summed E-state index contributed by atoms with van der Waals surface area (Å²) in [5, 5.41) is 9.32. The van der Waals surface area contributed by atoms with Gasteiger partial charge in [-0.25, -0.2) is 0 Å². The fraction of sp³-hybridized carbons (Fsp3) is 0.133. The van der Waals surface area contributed by atoms with Gasteiger partial charge in [-0.2, -0.15) is 0 Å². The lowest BCUT2D eigenvalue weighted by atomic mass is 10.0. The van der Waals surface area contributed by atoms with Gasteiger partial charge in [-0.15, -0.1) is 0 Å². The predicted molar refractivity (Wildman–Crippen MR) is 71.4 cm³/mol. The molecule has 0 aliphatic rings. The summed E-state index contributed by atoms with van der Waals surface area (Å²) in [7, 11) is 0. The summed E-state index contributed by atoms with van der Waals surface area (Å²) in [6, 6.07) is 14.1. The lowest BCUT2D eigenvalue weighted by Crippen LogP contribution is -2.06. The van der Waals surface area contributed by atoms with Crippen LogP contribution in [0.1, 0.15) is 11.1 Å². The third-order valence-corrected chi connectivity index (χ3v) is 2.69. The van der Waals surface area contributed by atoms with Crippen molar-refractivity contribution in [2.45, 2.75) is 12.8 Å². The van der Waals surface area contributed by atoms with Gasteiger partial charge in [0.1, 0.15) is 11.5 Å². The number of anilines is 1. The number of rotatable bonds is 4. The molecule has 0 amide bonds. The summed E-state index contributed by atoms with van der Waals surface area (Å²) < 4.78 is 0. The molecule has 3 nitrogen and oxygen atoms in total. The third-order valence-electron chi connectivity index (χ3n) is 2.69. The molecule has 0 spiro atoms. The minimum absolute atomic E-state index is 0.116. The molecule has 0 radical (unpaired) electrons. The number of hydrogen-bond donors (Lipinski definition) is 2. The number of Topliss-reactive ketones (excluding diaryl/α,β-unsaturated/α-hetero) is 1. The van der Waals surface area contributed by atoms with E-state index in [1.54, 1.807) is 30.3 Å². The van der Waals surface area contributed by atoms with Crippen LogP contribution in [0.3, 0.4) is 0 Å². The second-order valence-corrected chi connectivity index (χ2v) is 4.30. The van der Waals surface area contributed by atoms with E-state index < -0.39 is 0 Å². The Hall–Kier alpha value is -2.29. The standard InChI is InChI=1S/C15H15NO2/c16-13-6-4-11(5-7-13)8-15(18)10-12-2-1-3-14(17)9-12/h1-7,9,17H,8,10,16H2. The Bertz CT molecular complexity index is 547. The van der Waals surface area contributed by atoms with Crippen molar-refractivity contribution in [3.8, 4) is 5.75 Å². The molecule has 0 aliphatic carbocycles. The van der Waals surface area contributed by atoms with Crippen LogP contribution in [0.15, 0.2) is 48.5 Å². The van der Waals surface area contributed by atoms with E-state index in [0.717, 1.165) is 11.1 Å². The molecule has 0 atom stereocenters. The zero-order valence-electron chi connectivity index (χ0n) is 9.97. The zero-order valence-corrected chi connectivity index (χ0v) is 9.97. The molecular formula is C15H15NO2. The van der Waals surface area contributed by atoms with Crippen LogP contribution < -0.4 is 5.73 Å². The van der Waals surface area contributed by atoms with Crippen molar-refractivity contribution >= 4 is 11.5 Å². The minimum Gasteiger partial charge on any atom is -0.508 e. The third kappa shape index (κ3) is 3.35. The summed E-state index contributed by atoms with van der Waals surface area (Å²) in [6.07, 6.45) is 0.717. The Morgan fingerprint density at radius 2 is 1.67 bits per heavy atom. The first-order valence-corrected chi connectivity index (χ1v) is 5.77. The molecule has 0 heterocycles. The maximum absolute atomic E-state index is 11.9. The van der Waals surface area contributed by atoms with Crippen molar-refractivity contribution in [3.05, 3.63) is 59.7 Å². The molecule has 2 aromatic carbocycles. The molecule has 0 unspecified atom stereocenters. The highest BCUT2D eigenvalue weighted by Gasteiger charge is 2.05. The van der Waals surface area contributed by atoms with E-state index in [1.807, 2.05) is 18.2 Å². The van der Waals surface area contributed by atoms with Gasteiger partial charge < -0.3 is 10.8 Å². The molecule has 0 bridgehead atoms. The van der Waals surface area contributed by atoms with Crippen molar-refractivity contribution in [2.24, 2.45) is 0 Å². The van der Waals surface area contributed by atoms with E-state index in [0.29, 0.717) is 18.5 Å². The highest BCUT2D eigenvalue weighted by Crippen LogP contribution is 2.13. The van der Waals surface area contributed by atoms with E-state index in [-0.39, 0.29) is 11.5 Å². The van der Waals surface area contributed by atoms with Gasteiger partial charge in [0.2, 0.25) is 0 Å². The molecule has 2 rings (SSSR count). The number of ketones is 1. The van der Waals surface area contributed by atoms with Gasteiger partial charge in [-0.1, -0.05) is 24.3 Å². The van der Waals surface area contributed by atoms with Crippen LogP contribution in [-0.4, -0.2) is 10.9 Å². The minimum atomic E-state index is 0.116. The van der Waals surface area contributed by atoms with Crippen molar-refractivity contribution in [1.29, 1.82) is 0 Å². The van der Waals surface area contributed by atoms with E-state index in [1.165, 1.54) is 0 Å². The van der Waals surface area contributed by atoms with Crippen LogP contribution in [-0.2, 0) is 17.6 Å². The number of aromatic hydroxyl groups is 1. The first-order valence-electron chi connectivity index (χ1n) is 5.77. The summed E-state index contributed by atoms with van der Waals surface area (Å²) in [4.78, 5) is 11.9. The molecule has 3 heteroatoms. The number of carbonyl (C=O) groups excluding carboxylic acids is 1. The quantitative estimate of drug-likeness (QED) is 0.807.